The van der Waals surface area contributed by atoms with Gasteiger partial charge in [-0.1, -0.05) is 67.3 Å². The summed E-state index contributed by atoms with van der Waals surface area (Å²) in [5, 5.41) is 28.6. The number of halogens is 10. The maximum Gasteiger partial charge on any atom is 0.490 e. The van der Waals surface area contributed by atoms with Crippen LogP contribution in [0.15, 0.2) is 48.5 Å². The first-order valence-electron chi connectivity index (χ1n) is 20.4. The van der Waals surface area contributed by atoms with E-state index in [9.17, 15) is 49.1 Å². The van der Waals surface area contributed by atoms with Crippen molar-refractivity contribution >= 4 is 41.3 Å². The number of hydrogen-bond acceptors (Lipinski definition) is 8. The quantitative estimate of drug-likeness (QED) is 0.182. The number of aliphatic carboxylic acids is 3. The maximum absolute atomic E-state index is 14.1. The van der Waals surface area contributed by atoms with E-state index in [0.717, 1.165) is 24.6 Å². The lowest BCUT2D eigenvalue weighted by atomic mass is 9.82. The molecule has 1 saturated carbocycles. The summed E-state index contributed by atoms with van der Waals surface area (Å²) in [6.07, 6.45) is -4.77. The van der Waals surface area contributed by atoms with Gasteiger partial charge in [-0.15, -0.1) is 0 Å². The van der Waals surface area contributed by atoms with Gasteiger partial charge in [-0.2, -0.15) is 39.5 Å². The van der Waals surface area contributed by atoms with Crippen molar-refractivity contribution < 1.29 is 78.8 Å². The van der Waals surface area contributed by atoms with E-state index in [1.54, 1.807) is 0 Å². The highest BCUT2D eigenvalue weighted by Crippen LogP contribution is 2.31. The average molecular weight is 948 g/mol. The molecule has 2 aromatic rings. The number of hydrogen-bond donors (Lipinski definition) is 5. The molecule has 5 N–H and O–H groups in total. The Balaban J connectivity index is 0.000000429. The van der Waals surface area contributed by atoms with Crippen molar-refractivity contribution in [2.24, 2.45) is 5.92 Å². The lowest BCUT2D eigenvalue weighted by Gasteiger charge is -2.45. The summed E-state index contributed by atoms with van der Waals surface area (Å²) in [6.45, 7) is 7.53. The Morgan fingerprint density at radius 3 is 1.66 bits per heavy atom. The summed E-state index contributed by atoms with van der Waals surface area (Å²) in [4.78, 5) is 61.7. The number of nitrogens with zero attached hydrogens (tertiary/aromatic N) is 3. The second-order valence-corrected chi connectivity index (χ2v) is 16.0. The van der Waals surface area contributed by atoms with Crippen molar-refractivity contribution in [2.75, 3.05) is 45.8 Å². The number of alkyl halides is 9. The number of carboxylic acid groups (broad SMARTS) is 3. The van der Waals surface area contributed by atoms with Crippen LogP contribution in [0, 0.1) is 5.92 Å². The highest BCUT2D eigenvalue weighted by atomic mass is 35.5. The molecule has 358 valence electrons. The summed E-state index contributed by atoms with van der Waals surface area (Å²) >= 11 is 6.15. The molecule has 2 aromatic carbocycles. The Morgan fingerprint density at radius 2 is 1.17 bits per heavy atom. The van der Waals surface area contributed by atoms with Crippen molar-refractivity contribution in [3.05, 3.63) is 70.2 Å². The highest BCUT2D eigenvalue weighted by molar-refractivity contribution is 6.30. The van der Waals surface area contributed by atoms with E-state index < -0.39 is 42.5 Å². The zero-order chi connectivity index (χ0) is 47.8. The number of carboxylic acids is 3. The average Bonchev–Trinajstić information content (AvgIpc) is 3.76. The Labute approximate surface area is 367 Å². The molecule has 3 fully saturated rings. The SMILES string of the molecule is O=C(NC(Cc1ccc(Cl)cc1)C(=O)N1CCN(C(CN2CCCC2)C2CCCCC2)CC1)C1Cc2ccccc2CN1.O=C(O)C(F)(F)F.O=C(O)C(F)(F)F.O=C(O)C(F)(F)F. The molecule has 1 aliphatic carbocycles. The second-order valence-electron chi connectivity index (χ2n) is 15.5. The molecule has 0 aromatic heterocycles. The van der Waals surface area contributed by atoms with Crippen molar-refractivity contribution in [1.82, 2.24) is 25.3 Å². The van der Waals surface area contributed by atoms with Crippen LogP contribution in [0.2, 0.25) is 5.02 Å². The molecular weight excluding hydrogens is 897 g/mol. The van der Waals surface area contributed by atoms with Crippen LogP contribution in [0.4, 0.5) is 39.5 Å². The molecule has 4 aliphatic rings. The van der Waals surface area contributed by atoms with Gasteiger partial charge >= 0.3 is 36.4 Å². The number of rotatable bonds is 9. The van der Waals surface area contributed by atoms with Gasteiger partial charge in [0, 0.05) is 56.8 Å². The predicted molar refractivity (Wildman–Crippen MR) is 213 cm³/mol. The van der Waals surface area contributed by atoms with Crippen LogP contribution in [-0.4, -0.2) is 142 Å². The van der Waals surface area contributed by atoms with Crippen molar-refractivity contribution in [2.45, 2.75) is 101 Å². The van der Waals surface area contributed by atoms with E-state index >= 15 is 0 Å². The monoisotopic (exact) mass is 947 g/mol. The van der Waals surface area contributed by atoms with E-state index in [1.807, 2.05) is 41.3 Å². The fraction of sp³-hybridized carbons (Fsp3) is 0.585. The van der Waals surface area contributed by atoms with Gasteiger partial charge in [0.25, 0.3) is 0 Å². The molecule has 64 heavy (non-hydrogen) atoms. The summed E-state index contributed by atoms with van der Waals surface area (Å²) < 4.78 is 95.2. The molecule has 3 aliphatic heterocycles. The molecule has 2 saturated heterocycles. The van der Waals surface area contributed by atoms with Crippen molar-refractivity contribution in [3.8, 4) is 0 Å². The number of likely N-dealkylation sites (tertiary alicyclic amines) is 1. The van der Waals surface area contributed by atoms with Crippen molar-refractivity contribution in [3.63, 3.8) is 0 Å². The van der Waals surface area contributed by atoms with Gasteiger partial charge in [-0.3, -0.25) is 14.5 Å². The van der Waals surface area contributed by atoms with Gasteiger partial charge in [0.05, 0.1) is 6.04 Å². The summed E-state index contributed by atoms with van der Waals surface area (Å²) in [7, 11) is 0. The molecule has 6 rings (SSSR count). The fourth-order valence-electron chi connectivity index (χ4n) is 7.77. The van der Waals surface area contributed by atoms with Gasteiger partial charge in [0.2, 0.25) is 11.8 Å². The fourth-order valence-corrected chi connectivity index (χ4v) is 7.90. The molecule has 13 nitrogen and oxygen atoms in total. The molecule has 0 radical (unpaired) electrons. The zero-order valence-electron chi connectivity index (χ0n) is 34.5. The predicted octanol–water partition coefficient (Wildman–Crippen LogP) is 6.17. The molecule has 23 heteroatoms. The standard InChI is InChI=1S/C35H48ClN5O2.3C2HF3O2/c36-30-14-12-26(13-15-30)22-32(38-34(42)31-23-28-10-4-5-11-29(28)24-37-31)35(43)41-20-18-40(19-21-41)33(25-39-16-6-7-17-39)27-8-2-1-3-9-27;3*3-2(4,5)1(6)7/h4-5,10-15,27,31-33,37H,1-3,6-9,16-25H2,(H,38,42);3*(H,6,7). The minimum absolute atomic E-state index is 0.0212. The Bertz CT molecular complexity index is 1780. The second kappa shape index (κ2) is 24.6. The van der Waals surface area contributed by atoms with E-state index in [2.05, 4.69) is 32.6 Å². The number of fused-ring (bicyclic) bond motifs is 1. The lowest BCUT2D eigenvalue weighted by Crippen LogP contribution is -2.60. The molecule has 2 amide bonds. The number of nitrogens with one attached hydrogen (secondary N) is 2. The Kier molecular flexibility index (Phi) is 20.6. The summed E-state index contributed by atoms with van der Waals surface area (Å²) in [6, 6.07) is 15.5. The first-order chi connectivity index (χ1) is 29.9. The van der Waals surface area contributed by atoms with E-state index in [0.29, 0.717) is 43.5 Å². The molecule has 3 unspecified atom stereocenters. The third-order valence-corrected chi connectivity index (χ3v) is 11.3. The van der Waals surface area contributed by atoms with Crippen molar-refractivity contribution in [1.29, 1.82) is 0 Å². The van der Waals surface area contributed by atoms with E-state index in [1.165, 1.54) is 75.7 Å². The number of carbonyl (C=O) groups is 5. The van der Waals surface area contributed by atoms with Gasteiger partial charge < -0.3 is 35.8 Å². The summed E-state index contributed by atoms with van der Waals surface area (Å²) in [5.41, 5.74) is 3.42. The Morgan fingerprint density at radius 1 is 0.688 bits per heavy atom. The number of amides is 2. The molecule has 3 heterocycles. The molecule has 0 bridgehead atoms. The smallest absolute Gasteiger partial charge is 0.475 e. The van der Waals surface area contributed by atoms with Gasteiger partial charge in [0.15, 0.2) is 0 Å². The molecular formula is C41H51ClF9N5O8. The lowest BCUT2D eigenvalue weighted by molar-refractivity contribution is -0.193. The van der Waals surface area contributed by atoms with Crippen LogP contribution in [0.3, 0.4) is 0 Å². The topological polar surface area (TPSA) is 180 Å². The summed E-state index contributed by atoms with van der Waals surface area (Å²) in [5.74, 6) is -7.59. The van der Waals surface area contributed by atoms with Gasteiger partial charge in [-0.05, 0) is 79.9 Å². The van der Waals surface area contributed by atoms with Crippen LogP contribution >= 0.6 is 11.6 Å². The number of carbonyl (C=O) groups excluding carboxylic acids is 2. The van der Waals surface area contributed by atoms with Crippen LogP contribution in [-0.2, 0) is 43.4 Å². The zero-order valence-corrected chi connectivity index (χ0v) is 35.2. The van der Waals surface area contributed by atoms with Gasteiger partial charge in [-0.25, -0.2) is 14.4 Å². The molecule has 0 spiro atoms. The van der Waals surface area contributed by atoms with E-state index in [4.69, 9.17) is 41.3 Å². The largest absolute Gasteiger partial charge is 0.490 e. The first kappa shape index (κ1) is 53.7. The third-order valence-electron chi connectivity index (χ3n) is 11.0. The normalized spacial score (nSPS) is 19.5. The maximum atomic E-state index is 14.1. The van der Waals surface area contributed by atoms with Crippen LogP contribution in [0.1, 0.15) is 61.6 Å². The third kappa shape index (κ3) is 18.1. The van der Waals surface area contributed by atoms with E-state index in [-0.39, 0.29) is 17.9 Å². The van der Waals surface area contributed by atoms with Crippen LogP contribution < -0.4 is 10.6 Å². The highest BCUT2D eigenvalue weighted by Gasteiger charge is 2.40. The van der Waals surface area contributed by atoms with Crippen LogP contribution in [0.25, 0.3) is 0 Å². The number of piperazine rings is 1. The molecule has 3 atom stereocenters. The Hall–Kier alpha value is -4.67. The minimum Gasteiger partial charge on any atom is -0.475 e. The first-order valence-corrected chi connectivity index (χ1v) is 20.7. The van der Waals surface area contributed by atoms with Crippen LogP contribution in [0.5, 0.6) is 0 Å². The minimum atomic E-state index is -5.08. The number of benzene rings is 2. The van der Waals surface area contributed by atoms with Gasteiger partial charge in [0.1, 0.15) is 6.04 Å².